The summed E-state index contributed by atoms with van der Waals surface area (Å²) in [6.07, 6.45) is 3.56. The number of fused-ring (bicyclic) bond motifs is 2. The van der Waals surface area contributed by atoms with E-state index in [-0.39, 0.29) is 24.8 Å². The van der Waals surface area contributed by atoms with Gasteiger partial charge in [0.15, 0.2) is 0 Å². The molecule has 5 rings (SSSR count). The second-order valence-corrected chi connectivity index (χ2v) is 8.06. The molecule has 3 N–H and O–H groups in total. The molecule has 7 heteroatoms. The van der Waals surface area contributed by atoms with Gasteiger partial charge in [0.25, 0.3) is 5.91 Å². The maximum Gasteiger partial charge on any atom is 0.254 e. The topological polar surface area (TPSA) is 87.9 Å². The number of amides is 1. The molecule has 6 nitrogen and oxygen atoms in total. The summed E-state index contributed by atoms with van der Waals surface area (Å²) < 4.78 is 14.5. The number of halogens is 1. The van der Waals surface area contributed by atoms with Gasteiger partial charge >= 0.3 is 0 Å². The SMILES string of the molecule is Cc1cc2cc(C(=O)N(Cc3ccccc3F)Cc3c[nH]c4cccnc34)ccc2nc1N. The Labute approximate surface area is 189 Å². The first-order valence-electron chi connectivity index (χ1n) is 10.6. The summed E-state index contributed by atoms with van der Waals surface area (Å²) in [5.41, 5.74) is 11.0. The Hall–Kier alpha value is -4.26. The van der Waals surface area contributed by atoms with E-state index in [1.807, 2.05) is 31.3 Å². The van der Waals surface area contributed by atoms with Crippen molar-refractivity contribution in [3.05, 3.63) is 101 Å². The number of rotatable bonds is 5. The quantitative estimate of drug-likeness (QED) is 0.404. The number of aromatic nitrogens is 3. The number of nitrogens with two attached hydrogens (primary N) is 1. The molecule has 0 saturated carbocycles. The molecule has 3 aromatic heterocycles. The molecule has 0 atom stereocenters. The lowest BCUT2D eigenvalue weighted by atomic mass is 10.1. The molecule has 164 valence electrons. The number of nitrogens with zero attached hydrogens (tertiary/aromatic N) is 3. The van der Waals surface area contributed by atoms with E-state index in [1.54, 1.807) is 47.5 Å². The van der Waals surface area contributed by atoms with Gasteiger partial charge in [0, 0.05) is 47.6 Å². The van der Waals surface area contributed by atoms with Crippen LogP contribution in [0.3, 0.4) is 0 Å². The lowest BCUT2D eigenvalue weighted by Crippen LogP contribution is -2.30. The van der Waals surface area contributed by atoms with Gasteiger partial charge in [0.05, 0.1) is 16.6 Å². The molecule has 0 spiro atoms. The van der Waals surface area contributed by atoms with E-state index in [0.29, 0.717) is 16.9 Å². The number of carbonyl (C=O) groups excluding carboxylic acids is 1. The number of benzene rings is 2. The fraction of sp³-hybridized carbons (Fsp3) is 0.115. The molecule has 0 aliphatic rings. The number of carbonyl (C=O) groups is 1. The van der Waals surface area contributed by atoms with E-state index in [0.717, 1.165) is 33.1 Å². The zero-order valence-electron chi connectivity index (χ0n) is 18.0. The molecule has 2 aromatic carbocycles. The number of hydrogen-bond acceptors (Lipinski definition) is 4. The average Bonchev–Trinajstić information content (AvgIpc) is 3.23. The Bertz CT molecular complexity index is 1490. The number of aryl methyl sites for hydroxylation is 1. The van der Waals surface area contributed by atoms with Gasteiger partial charge in [-0.25, -0.2) is 9.37 Å². The molecule has 0 aliphatic heterocycles. The van der Waals surface area contributed by atoms with Gasteiger partial charge < -0.3 is 15.6 Å². The molecule has 0 radical (unpaired) electrons. The van der Waals surface area contributed by atoms with Gasteiger partial charge in [0.1, 0.15) is 11.6 Å². The second-order valence-electron chi connectivity index (χ2n) is 8.06. The van der Waals surface area contributed by atoms with Crippen LogP contribution in [0, 0.1) is 12.7 Å². The summed E-state index contributed by atoms with van der Waals surface area (Å²) in [4.78, 5) is 27.3. The molecule has 1 amide bonds. The van der Waals surface area contributed by atoms with Gasteiger partial charge in [-0.3, -0.25) is 9.78 Å². The van der Waals surface area contributed by atoms with E-state index in [1.165, 1.54) is 6.07 Å². The second kappa shape index (κ2) is 8.35. The Morgan fingerprint density at radius 1 is 1.06 bits per heavy atom. The van der Waals surface area contributed by atoms with Crippen LogP contribution in [0.1, 0.15) is 27.0 Å². The number of anilines is 1. The first-order valence-corrected chi connectivity index (χ1v) is 10.6. The number of nitrogen functional groups attached to an aromatic ring is 1. The van der Waals surface area contributed by atoms with Gasteiger partial charge in [0.2, 0.25) is 0 Å². The van der Waals surface area contributed by atoms with E-state index in [4.69, 9.17) is 5.73 Å². The van der Waals surface area contributed by atoms with Crippen molar-refractivity contribution >= 4 is 33.7 Å². The lowest BCUT2D eigenvalue weighted by molar-refractivity contribution is 0.0729. The van der Waals surface area contributed by atoms with Crippen molar-refractivity contribution in [1.82, 2.24) is 19.9 Å². The largest absolute Gasteiger partial charge is 0.383 e. The molecule has 3 heterocycles. The summed E-state index contributed by atoms with van der Waals surface area (Å²) >= 11 is 0. The van der Waals surface area contributed by atoms with Crippen LogP contribution in [-0.4, -0.2) is 25.8 Å². The van der Waals surface area contributed by atoms with E-state index < -0.39 is 0 Å². The summed E-state index contributed by atoms with van der Waals surface area (Å²) in [6.45, 7) is 2.29. The first-order chi connectivity index (χ1) is 16.0. The van der Waals surface area contributed by atoms with Crippen LogP contribution in [-0.2, 0) is 13.1 Å². The minimum atomic E-state index is -0.346. The number of aromatic amines is 1. The standard InChI is InChI=1S/C26H22FN5O/c1-16-11-19-12-17(8-9-22(19)31-25(16)28)26(33)32(14-18-5-2-3-6-21(18)27)15-20-13-30-23-7-4-10-29-24(20)23/h2-13,30H,14-15H2,1H3,(H2,28,31). The van der Waals surface area contributed by atoms with Crippen LogP contribution in [0.5, 0.6) is 0 Å². The zero-order chi connectivity index (χ0) is 22.9. The smallest absolute Gasteiger partial charge is 0.254 e. The number of pyridine rings is 2. The number of hydrogen-bond donors (Lipinski definition) is 2. The summed E-state index contributed by atoms with van der Waals surface area (Å²) in [5, 5.41) is 0.826. The highest BCUT2D eigenvalue weighted by Crippen LogP contribution is 2.23. The Morgan fingerprint density at radius 2 is 1.88 bits per heavy atom. The summed E-state index contributed by atoms with van der Waals surface area (Å²) in [6, 6.07) is 17.5. The van der Waals surface area contributed by atoms with E-state index in [2.05, 4.69) is 15.0 Å². The van der Waals surface area contributed by atoms with Crippen molar-refractivity contribution in [2.75, 3.05) is 5.73 Å². The molecular formula is C26H22FN5O. The first kappa shape index (κ1) is 20.6. The van der Waals surface area contributed by atoms with Crippen LogP contribution in [0.4, 0.5) is 10.2 Å². The average molecular weight is 439 g/mol. The fourth-order valence-electron chi connectivity index (χ4n) is 3.98. The Kier molecular flexibility index (Phi) is 5.22. The van der Waals surface area contributed by atoms with Crippen molar-refractivity contribution in [2.24, 2.45) is 0 Å². The van der Waals surface area contributed by atoms with E-state index in [9.17, 15) is 9.18 Å². The normalized spacial score (nSPS) is 11.2. The number of H-pyrrole nitrogens is 1. The lowest BCUT2D eigenvalue weighted by Gasteiger charge is -2.23. The minimum absolute atomic E-state index is 0.127. The van der Waals surface area contributed by atoms with Crippen LogP contribution < -0.4 is 5.73 Å². The molecular weight excluding hydrogens is 417 g/mol. The molecule has 0 fully saturated rings. The van der Waals surface area contributed by atoms with Crippen LogP contribution in [0.15, 0.2) is 73.1 Å². The zero-order valence-corrected chi connectivity index (χ0v) is 18.0. The maximum atomic E-state index is 14.5. The molecule has 0 aliphatic carbocycles. The third kappa shape index (κ3) is 4.01. The summed E-state index contributed by atoms with van der Waals surface area (Å²) in [7, 11) is 0. The Morgan fingerprint density at radius 3 is 2.73 bits per heavy atom. The van der Waals surface area contributed by atoms with Crippen molar-refractivity contribution in [3.63, 3.8) is 0 Å². The van der Waals surface area contributed by atoms with Crippen molar-refractivity contribution < 1.29 is 9.18 Å². The highest BCUT2D eigenvalue weighted by molar-refractivity contribution is 5.98. The van der Waals surface area contributed by atoms with Gasteiger partial charge in [-0.15, -0.1) is 0 Å². The highest BCUT2D eigenvalue weighted by Gasteiger charge is 2.20. The molecule has 0 saturated heterocycles. The Balaban J connectivity index is 1.54. The van der Waals surface area contributed by atoms with Gasteiger partial charge in [-0.1, -0.05) is 18.2 Å². The van der Waals surface area contributed by atoms with Gasteiger partial charge in [-0.2, -0.15) is 0 Å². The van der Waals surface area contributed by atoms with Crippen LogP contribution >= 0.6 is 0 Å². The van der Waals surface area contributed by atoms with Crippen LogP contribution in [0.25, 0.3) is 21.9 Å². The van der Waals surface area contributed by atoms with Crippen molar-refractivity contribution in [2.45, 2.75) is 20.0 Å². The molecule has 0 unspecified atom stereocenters. The maximum absolute atomic E-state index is 14.5. The molecule has 33 heavy (non-hydrogen) atoms. The predicted molar refractivity (Wildman–Crippen MR) is 127 cm³/mol. The highest BCUT2D eigenvalue weighted by atomic mass is 19.1. The summed E-state index contributed by atoms with van der Waals surface area (Å²) in [5.74, 6) is -0.0873. The van der Waals surface area contributed by atoms with Gasteiger partial charge in [-0.05, 0) is 55.0 Å². The van der Waals surface area contributed by atoms with E-state index >= 15 is 0 Å². The third-order valence-electron chi connectivity index (χ3n) is 5.77. The fourth-order valence-corrected chi connectivity index (χ4v) is 3.98. The number of nitrogens with one attached hydrogen (secondary N) is 1. The monoisotopic (exact) mass is 439 g/mol. The molecule has 0 bridgehead atoms. The predicted octanol–water partition coefficient (Wildman–Crippen LogP) is 4.98. The third-order valence-corrected chi connectivity index (χ3v) is 5.77. The van der Waals surface area contributed by atoms with Crippen molar-refractivity contribution in [3.8, 4) is 0 Å². The van der Waals surface area contributed by atoms with Crippen molar-refractivity contribution in [1.29, 1.82) is 0 Å². The van der Waals surface area contributed by atoms with Crippen LogP contribution in [0.2, 0.25) is 0 Å². The molecule has 5 aromatic rings. The minimum Gasteiger partial charge on any atom is -0.383 e.